The highest BCUT2D eigenvalue weighted by atomic mass is 16.3. The maximum Gasteiger partial charge on any atom is 0.0973 e. The fraction of sp³-hybridized carbons (Fsp3) is 0.833. The van der Waals surface area contributed by atoms with Gasteiger partial charge in [0.15, 0.2) is 0 Å². The summed E-state index contributed by atoms with van der Waals surface area (Å²) in [5.74, 6) is 0. The van der Waals surface area contributed by atoms with Crippen LogP contribution < -0.4 is 0 Å². The molecule has 1 aromatic heterocycles. The Bertz CT molecular complexity index is 286. The van der Waals surface area contributed by atoms with Crippen molar-refractivity contribution in [3.8, 4) is 0 Å². The summed E-state index contributed by atoms with van der Waals surface area (Å²) < 4.78 is 1.81. The van der Waals surface area contributed by atoms with Gasteiger partial charge in [0.2, 0.25) is 0 Å². The Balaban J connectivity index is 2.39. The van der Waals surface area contributed by atoms with Crippen LogP contribution in [-0.4, -0.2) is 20.1 Å². The van der Waals surface area contributed by atoms with Gasteiger partial charge in [-0.05, 0) is 12.8 Å². The smallest absolute Gasteiger partial charge is 0.0973 e. The second-order valence-corrected chi connectivity index (χ2v) is 4.25. The topological polar surface area (TPSA) is 50.9 Å². The van der Waals surface area contributed by atoms with E-state index >= 15 is 0 Å². The van der Waals surface area contributed by atoms with Crippen molar-refractivity contribution in [3.05, 3.63) is 11.9 Å². The maximum atomic E-state index is 10.0. The summed E-state index contributed by atoms with van der Waals surface area (Å²) in [7, 11) is 0. The number of aliphatic hydroxyl groups excluding tert-OH is 1. The predicted molar refractivity (Wildman–Crippen MR) is 64.0 cm³/mol. The van der Waals surface area contributed by atoms with E-state index in [-0.39, 0.29) is 0 Å². The Morgan fingerprint density at radius 2 is 2.06 bits per heavy atom. The van der Waals surface area contributed by atoms with Crippen molar-refractivity contribution in [2.75, 3.05) is 0 Å². The van der Waals surface area contributed by atoms with Gasteiger partial charge < -0.3 is 5.11 Å². The van der Waals surface area contributed by atoms with Crippen LogP contribution in [0.1, 0.15) is 64.2 Å². The first kappa shape index (κ1) is 13.2. The predicted octanol–water partition coefficient (Wildman–Crippen LogP) is 2.69. The summed E-state index contributed by atoms with van der Waals surface area (Å²) >= 11 is 0. The standard InChI is InChI=1S/C12H23N3O/c1-3-5-6-7-8-12(16)11-10-13-14-15(11)9-4-2/h10,12,16H,3-9H2,1-2H3. The highest BCUT2D eigenvalue weighted by Crippen LogP contribution is 2.19. The third-order valence-electron chi connectivity index (χ3n) is 2.76. The van der Waals surface area contributed by atoms with Crippen molar-refractivity contribution < 1.29 is 5.11 Å². The first-order valence-electron chi connectivity index (χ1n) is 6.36. The van der Waals surface area contributed by atoms with E-state index in [2.05, 4.69) is 24.2 Å². The highest BCUT2D eigenvalue weighted by Gasteiger charge is 2.13. The van der Waals surface area contributed by atoms with Gasteiger partial charge in [0.1, 0.15) is 0 Å². The molecule has 0 fully saturated rings. The summed E-state index contributed by atoms with van der Waals surface area (Å²) in [5.41, 5.74) is 0.860. The van der Waals surface area contributed by atoms with Gasteiger partial charge in [-0.15, -0.1) is 5.10 Å². The first-order chi connectivity index (χ1) is 7.79. The van der Waals surface area contributed by atoms with Crippen molar-refractivity contribution in [3.63, 3.8) is 0 Å². The molecule has 1 atom stereocenters. The molecule has 0 aliphatic carbocycles. The second kappa shape index (κ2) is 7.39. The number of aryl methyl sites for hydroxylation is 1. The van der Waals surface area contributed by atoms with Crippen LogP contribution in [0.5, 0.6) is 0 Å². The van der Waals surface area contributed by atoms with E-state index < -0.39 is 6.10 Å². The fourth-order valence-corrected chi connectivity index (χ4v) is 1.82. The Labute approximate surface area is 97.7 Å². The minimum absolute atomic E-state index is 0.404. The van der Waals surface area contributed by atoms with E-state index in [9.17, 15) is 5.11 Å². The van der Waals surface area contributed by atoms with Crippen LogP contribution in [0.4, 0.5) is 0 Å². The van der Waals surface area contributed by atoms with Gasteiger partial charge in [0.25, 0.3) is 0 Å². The van der Waals surface area contributed by atoms with Crippen LogP contribution in [0.3, 0.4) is 0 Å². The van der Waals surface area contributed by atoms with Crippen molar-refractivity contribution in [1.29, 1.82) is 0 Å². The normalized spacial score (nSPS) is 12.9. The molecular weight excluding hydrogens is 202 g/mol. The summed E-state index contributed by atoms with van der Waals surface area (Å²) in [6.07, 6.45) is 7.86. The van der Waals surface area contributed by atoms with Crippen LogP contribution in [0.15, 0.2) is 6.20 Å². The van der Waals surface area contributed by atoms with Crippen molar-refractivity contribution in [2.24, 2.45) is 0 Å². The lowest BCUT2D eigenvalue weighted by molar-refractivity contribution is 0.152. The molecule has 0 bridgehead atoms. The largest absolute Gasteiger partial charge is 0.387 e. The van der Waals surface area contributed by atoms with E-state index in [1.807, 2.05) is 4.68 Å². The van der Waals surface area contributed by atoms with Crippen LogP contribution in [0, 0.1) is 0 Å². The van der Waals surface area contributed by atoms with E-state index in [1.165, 1.54) is 19.3 Å². The van der Waals surface area contributed by atoms with E-state index in [0.29, 0.717) is 0 Å². The molecule has 1 N–H and O–H groups in total. The van der Waals surface area contributed by atoms with Crippen molar-refractivity contribution >= 4 is 0 Å². The lowest BCUT2D eigenvalue weighted by Gasteiger charge is -2.11. The zero-order chi connectivity index (χ0) is 11.8. The Hall–Kier alpha value is -0.900. The molecule has 4 heteroatoms. The molecule has 4 nitrogen and oxygen atoms in total. The minimum atomic E-state index is -0.404. The van der Waals surface area contributed by atoms with Crippen LogP contribution in [0.2, 0.25) is 0 Å². The summed E-state index contributed by atoms with van der Waals surface area (Å²) in [5, 5.41) is 17.9. The zero-order valence-electron chi connectivity index (χ0n) is 10.4. The first-order valence-corrected chi connectivity index (χ1v) is 6.36. The lowest BCUT2D eigenvalue weighted by atomic mass is 10.1. The maximum absolute atomic E-state index is 10.0. The molecule has 0 spiro atoms. The van der Waals surface area contributed by atoms with Gasteiger partial charge >= 0.3 is 0 Å². The number of hydrogen-bond donors (Lipinski definition) is 1. The molecule has 0 amide bonds. The average molecular weight is 225 g/mol. The molecule has 0 aromatic carbocycles. The van der Waals surface area contributed by atoms with E-state index in [4.69, 9.17) is 0 Å². The monoisotopic (exact) mass is 225 g/mol. The van der Waals surface area contributed by atoms with Gasteiger partial charge in [0.05, 0.1) is 18.0 Å². The second-order valence-electron chi connectivity index (χ2n) is 4.25. The van der Waals surface area contributed by atoms with Gasteiger partial charge in [0, 0.05) is 6.54 Å². The molecule has 92 valence electrons. The van der Waals surface area contributed by atoms with E-state index in [1.54, 1.807) is 6.20 Å². The molecule has 0 radical (unpaired) electrons. The van der Waals surface area contributed by atoms with Gasteiger partial charge in [-0.25, -0.2) is 4.68 Å². The SMILES string of the molecule is CCCCCCC(O)c1cnnn1CCC. The molecular formula is C12H23N3O. The van der Waals surface area contributed by atoms with Gasteiger partial charge in [-0.1, -0.05) is 44.7 Å². The molecule has 0 aliphatic heterocycles. The number of hydrogen-bond acceptors (Lipinski definition) is 3. The van der Waals surface area contributed by atoms with Gasteiger partial charge in [-0.2, -0.15) is 0 Å². The van der Waals surface area contributed by atoms with Crippen LogP contribution >= 0.6 is 0 Å². The summed E-state index contributed by atoms with van der Waals surface area (Å²) in [6, 6.07) is 0. The van der Waals surface area contributed by atoms with Crippen LogP contribution in [0.25, 0.3) is 0 Å². The number of nitrogens with zero attached hydrogens (tertiary/aromatic N) is 3. The Morgan fingerprint density at radius 1 is 1.25 bits per heavy atom. The fourth-order valence-electron chi connectivity index (χ4n) is 1.82. The number of rotatable bonds is 8. The summed E-state index contributed by atoms with van der Waals surface area (Å²) in [6.45, 7) is 5.12. The molecule has 0 saturated heterocycles. The van der Waals surface area contributed by atoms with Crippen LogP contribution in [-0.2, 0) is 6.54 Å². The van der Waals surface area contributed by atoms with Crippen molar-refractivity contribution in [2.45, 2.75) is 65.0 Å². The Kier molecular flexibility index (Phi) is 6.08. The lowest BCUT2D eigenvalue weighted by Crippen LogP contribution is -2.09. The zero-order valence-corrected chi connectivity index (χ0v) is 10.4. The molecule has 0 saturated carbocycles. The molecule has 1 heterocycles. The Morgan fingerprint density at radius 3 is 2.75 bits per heavy atom. The number of aliphatic hydroxyl groups is 1. The summed E-state index contributed by atoms with van der Waals surface area (Å²) in [4.78, 5) is 0. The number of unbranched alkanes of at least 4 members (excludes halogenated alkanes) is 3. The molecule has 16 heavy (non-hydrogen) atoms. The average Bonchev–Trinajstić information content (AvgIpc) is 2.73. The molecule has 1 aromatic rings. The third kappa shape index (κ3) is 3.93. The van der Waals surface area contributed by atoms with Gasteiger partial charge in [-0.3, -0.25) is 0 Å². The van der Waals surface area contributed by atoms with Crippen molar-refractivity contribution in [1.82, 2.24) is 15.0 Å². The third-order valence-corrected chi connectivity index (χ3v) is 2.76. The van der Waals surface area contributed by atoms with E-state index in [0.717, 1.165) is 31.5 Å². The molecule has 1 rings (SSSR count). The molecule has 0 aliphatic rings. The minimum Gasteiger partial charge on any atom is -0.387 e. The quantitative estimate of drug-likeness (QED) is 0.692. The molecule has 1 unspecified atom stereocenters. The highest BCUT2D eigenvalue weighted by molar-refractivity contribution is 4.98. The number of aromatic nitrogens is 3.